The van der Waals surface area contributed by atoms with E-state index in [0.717, 1.165) is 5.56 Å². The summed E-state index contributed by atoms with van der Waals surface area (Å²) in [4.78, 5) is 26.3. The molecule has 1 aliphatic heterocycles. The smallest absolute Gasteiger partial charge is 0.262 e. The number of carbonyl (C=O) groups is 2. The van der Waals surface area contributed by atoms with Crippen LogP contribution in [0.25, 0.3) is 0 Å². The Morgan fingerprint density at radius 3 is 2.78 bits per heavy atom. The van der Waals surface area contributed by atoms with Crippen molar-refractivity contribution in [3.05, 3.63) is 48.0 Å². The van der Waals surface area contributed by atoms with E-state index in [1.165, 1.54) is 0 Å². The van der Waals surface area contributed by atoms with E-state index < -0.39 is 5.41 Å². The van der Waals surface area contributed by atoms with E-state index in [4.69, 9.17) is 9.47 Å². The molecule has 3 rings (SSSR count). The highest BCUT2D eigenvalue weighted by Gasteiger charge is 2.36. The molecule has 6 nitrogen and oxygen atoms in total. The van der Waals surface area contributed by atoms with Gasteiger partial charge in [-0.2, -0.15) is 0 Å². The molecular formula is C21H24N2O4. The summed E-state index contributed by atoms with van der Waals surface area (Å²) < 4.78 is 11.3. The Bertz CT molecular complexity index is 876. The predicted molar refractivity (Wildman–Crippen MR) is 104 cm³/mol. The first-order valence-corrected chi connectivity index (χ1v) is 8.80. The van der Waals surface area contributed by atoms with Gasteiger partial charge in [0.25, 0.3) is 5.91 Å². The lowest BCUT2D eigenvalue weighted by Gasteiger charge is -2.24. The zero-order valence-electron chi connectivity index (χ0n) is 16.0. The van der Waals surface area contributed by atoms with Gasteiger partial charge < -0.3 is 19.7 Å². The van der Waals surface area contributed by atoms with E-state index in [1.54, 1.807) is 30.1 Å². The minimum atomic E-state index is -0.612. The molecule has 6 heteroatoms. The molecule has 1 N–H and O–H groups in total. The van der Waals surface area contributed by atoms with Crippen LogP contribution in [0, 0.1) is 12.3 Å². The predicted octanol–water partition coefficient (Wildman–Crippen LogP) is 3.39. The maximum atomic E-state index is 12.5. The Kier molecular flexibility index (Phi) is 5.08. The number of nitrogens with one attached hydrogen (secondary N) is 1. The molecule has 0 spiro atoms. The fourth-order valence-corrected chi connectivity index (χ4v) is 2.92. The Morgan fingerprint density at radius 1 is 1.26 bits per heavy atom. The van der Waals surface area contributed by atoms with E-state index in [1.807, 2.05) is 45.0 Å². The van der Waals surface area contributed by atoms with Crippen molar-refractivity contribution in [3.8, 4) is 11.5 Å². The summed E-state index contributed by atoms with van der Waals surface area (Å²) in [6, 6.07) is 12.8. The van der Waals surface area contributed by atoms with Gasteiger partial charge in [0, 0.05) is 18.8 Å². The van der Waals surface area contributed by atoms with E-state index in [-0.39, 0.29) is 25.0 Å². The second kappa shape index (κ2) is 7.31. The molecule has 2 amide bonds. The first-order valence-electron chi connectivity index (χ1n) is 8.80. The van der Waals surface area contributed by atoms with Crippen LogP contribution in [0.1, 0.15) is 19.4 Å². The molecule has 0 aliphatic carbocycles. The lowest BCUT2D eigenvalue weighted by molar-refractivity contribution is -0.127. The molecule has 1 heterocycles. The minimum absolute atomic E-state index is 0.00964. The van der Waals surface area contributed by atoms with Crippen LogP contribution in [0.2, 0.25) is 0 Å². The molecule has 27 heavy (non-hydrogen) atoms. The Labute approximate surface area is 159 Å². The molecule has 0 aromatic heterocycles. The molecular weight excluding hydrogens is 344 g/mol. The highest BCUT2D eigenvalue weighted by atomic mass is 16.5. The largest absolute Gasteiger partial charge is 0.490 e. The summed E-state index contributed by atoms with van der Waals surface area (Å²) in [6.45, 7) is 5.85. The van der Waals surface area contributed by atoms with Gasteiger partial charge in [-0.05, 0) is 50.6 Å². The first-order chi connectivity index (χ1) is 12.8. The van der Waals surface area contributed by atoms with Crippen LogP contribution in [0.5, 0.6) is 11.5 Å². The topological polar surface area (TPSA) is 67.9 Å². The zero-order chi connectivity index (χ0) is 19.6. The molecule has 0 unspecified atom stereocenters. The van der Waals surface area contributed by atoms with Crippen molar-refractivity contribution >= 4 is 23.2 Å². The Balaban J connectivity index is 1.68. The summed E-state index contributed by atoms with van der Waals surface area (Å²) in [7, 11) is 1.73. The number of carbonyl (C=O) groups excluding carboxylic acids is 2. The first kappa shape index (κ1) is 18.8. The zero-order valence-corrected chi connectivity index (χ0v) is 16.0. The molecule has 2 aromatic rings. The fraction of sp³-hybridized carbons (Fsp3) is 0.333. The number of aryl methyl sites for hydroxylation is 1. The number of hydrogen-bond donors (Lipinski definition) is 1. The van der Waals surface area contributed by atoms with Crippen LogP contribution in [0.3, 0.4) is 0 Å². The number of amides is 2. The number of ether oxygens (including phenoxy) is 2. The summed E-state index contributed by atoms with van der Waals surface area (Å²) >= 11 is 0. The number of anilines is 2. The maximum Gasteiger partial charge on any atom is 0.262 e. The molecule has 0 saturated carbocycles. The van der Waals surface area contributed by atoms with Crippen LogP contribution in [-0.4, -0.2) is 32.1 Å². The van der Waals surface area contributed by atoms with Gasteiger partial charge in [0.2, 0.25) is 5.91 Å². The van der Waals surface area contributed by atoms with Crippen molar-refractivity contribution in [1.29, 1.82) is 0 Å². The van der Waals surface area contributed by atoms with Crippen molar-refractivity contribution in [1.82, 2.24) is 0 Å². The van der Waals surface area contributed by atoms with Crippen molar-refractivity contribution in [2.45, 2.75) is 20.8 Å². The van der Waals surface area contributed by atoms with Crippen LogP contribution in [0.15, 0.2) is 42.5 Å². The molecule has 1 aliphatic rings. The van der Waals surface area contributed by atoms with Gasteiger partial charge in [-0.1, -0.05) is 12.1 Å². The van der Waals surface area contributed by atoms with E-state index in [0.29, 0.717) is 22.9 Å². The van der Waals surface area contributed by atoms with E-state index >= 15 is 0 Å². The van der Waals surface area contributed by atoms with Crippen molar-refractivity contribution < 1.29 is 19.1 Å². The quantitative estimate of drug-likeness (QED) is 0.898. The summed E-state index contributed by atoms with van der Waals surface area (Å²) in [5.41, 5.74) is 1.72. The Hall–Kier alpha value is -3.02. The lowest BCUT2D eigenvalue weighted by Crippen LogP contribution is -2.39. The molecule has 2 aromatic carbocycles. The van der Waals surface area contributed by atoms with Gasteiger partial charge in [0.1, 0.15) is 18.1 Å². The summed E-state index contributed by atoms with van der Waals surface area (Å²) in [6.07, 6.45) is 0. The number of nitrogens with zero attached hydrogens (tertiary/aromatic N) is 1. The highest BCUT2D eigenvalue weighted by Crippen LogP contribution is 2.37. The van der Waals surface area contributed by atoms with Crippen molar-refractivity contribution in [2.75, 3.05) is 30.5 Å². The Morgan fingerprint density at radius 2 is 2.04 bits per heavy atom. The number of hydrogen-bond acceptors (Lipinski definition) is 4. The second-order valence-corrected chi connectivity index (χ2v) is 7.37. The molecule has 0 bridgehead atoms. The molecule has 0 fully saturated rings. The summed E-state index contributed by atoms with van der Waals surface area (Å²) in [5.74, 6) is 0.936. The van der Waals surface area contributed by atoms with Gasteiger partial charge in [-0.15, -0.1) is 0 Å². The maximum absolute atomic E-state index is 12.5. The third-order valence-corrected chi connectivity index (χ3v) is 4.44. The van der Waals surface area contributed by atoms with Crippen LogP contribution >= 0.6 is 0 Å². The SMILES string of the molecule is Cc1cccc(OCC(=O)Nc2ccc3c(c2)OCC(C)(C)C(=O)N3C)c1. The normalized spacial score (nSPS) is 15.4. The number of rotatable bonds is 4. The van der Waals surface area contributed by atoms with Gasteiger partial charge in [0.15, 0.2) is 6.61 Å². The lowest BCUT2D eigenvalue weighted by atomic mass is 9.93. The van der Waals surface area contributed by atoms with Gasteiger partial charge in [-0.3, -0.25) is 9.59 Å². The van der Waals surface area contributed by atoms with Crippen LogP contribution in [-0.2, 0) is 9.59 Å². The van der Waals surface area contributed by atoms with Crippen molar-refractivity contribution in [2.24, 2.45) is 5.41 Å². The van der Waals surface area contributed by atoms with E-state index in [9.17, 15) is 9.59 Å². The standard InChI is InChI=1S/C21H24N2O4/c1-14-6-5-7-16(10-14)26-12-19(24)22-15-8-9-17-18(11-15)27-13-21(2,3)20(25)23(17)4/h5-11H,12-13H2,1-4H3,(H,22,24). The monoisotopic (exact) mass is 368 g/mol. The number of fused-ring (bicyclic) bond motifs is 1. The molecule has 142 valence electrons. The number of benzene rings is 2. The van der Waals surface area contributed by atoms with Crippen LogP contribution in [0.4, 0.5) is 11.4 Å². The minimum Gasteiger partial charge on any atom is -0.490 e. The van der Waals surface area contributed by atoms with Gasteiger partial charge >= 0.3 is 0 Å². The fourth-order valence-electron chi connectivity index (χ4n) is 2.92. The average Bonchev–Trinajstić information content (AvgIpc) is 2.71. The third-order valence-electron chi connectivity index (χ3n) is 4.44. The van der Waals surface area contributed by atoms with Gasteiger partial charge in [-0.25, -0.2) is 0 Å². The van der Waals surface area contributed by atoms with E-state index in [2.05, 4.69) is 5.32 Å². The molecule has 0 atom stereocenters. The van der Waals surface area contributed by atoms with Crippen LogP contribution < -0.4 is 19.7 Å². The van der Waals surface area contributed by atoms with Crippen molar-refractivity contribution in [3.63, 3.8) is 0 Å². The molecule has 0 radical (unpaired) electrons. The van der Waals surface area contributed by atoms with Gasteiger partial charge in [0.05, 0.1) is 11.1 Å². The third kappa shape index (κ3) is 4.22. The second-order valence-electron chi connectivity index (χ2n) is 7.37. The average molecular weight is 368 g/mol. The summed E-state index contributed by atoms with van der Waals surface area (Å²) in [5, 5.41) is 2.80. The highest BCUT2D eigenvalue weighted by molar-refractivity contribution is 5.99. The molecule has 0 saturated heterocycles.